The zero-order chi connectivity index (χ0) is 20.5. The fourth-order valence-corrected chi connectivity index (χ4v) is 3.74. The smallest absolute Gasteiger partial charge is 0.272 e. The van der Waals surface area contributed by atoms with Crippen LogP contribution in [-0.4, -0.2) is 27.8 Å². The van der Waals surface area contributed by atoms with Gasteiger partial charge in [-0.15, -0.1) is 12.4 Å². The number of fused-ring (bicyclic) bond motifs is 1. The number of carbonyl (C=O) groups is 1. The lowest BCUT2D eigenvalue weighted by Crippen LogP contribution is -2.35. The molecule has 156 valence electrons. The number of amidine groups is 1. The molecule has 0 saturated carbocycles. The Bertz CT molecular complexity index is 1170. The minimum atomic E-state index is -0.144. The van der Waals surface area contributed by atoms with Crippen molar-refractivity contribution >= 4 is 40.9 Å². The van der Waals surface area contributed by atoms with Gasteiger partial charge in [-0.25, -0.2) is 4.98 Å². The van der Waals surface area contributed by atoms with Gasteiger partial charge in [0.25, 0.3) is 5.56 Å². The van der Waals surface area contributed by atoms with Crippen molar-refractivity contribution in [2.24, 2.45) is 12.8 Å². The SMILES string of the molecule is Cl.Cn1c(=O)c(Cc2ccc(C(=N)N)cc2)nc2cc(N3CCCCC3=O)ccc21. The van der Waals surface area contributed by atoms with Gasteiger partial charge in [-0.05, 0) is 36.6 Å². The van der Waals surface area contributed by atoms with Crippen LogP contribution in [0.15, 0.2) is 47.3 Å². The molecule has 3 aromatic rings. The van der Waals surface area contributed by atoms with E-state index in [1.54, 1.807) is 28.6 Å². The van der Waals surface area contributed by atoms with Crippen molar-refractivity contribution in [3.8, 4) is 0 Å². The van der Waals surface area contributed by atoms with E-state index in [1.165, 1.54) is 0 Å². The molecule has 0 spiro atoms. The Balaban J connectivity index is 0.00000256. The first-order valence-electron chi connectivity index (χ1n) is 9.67. The normalized spacial score (nSPS) is 13.9. The number of amides is 1. The molecule has 0 aliphatic carbocycles. The van der Waals surface area contributed by atoms with E-state index in [2.05, 4.69) is 4.98 Å². The standard InChI is InChI=1S/C22H23N5O2.ClH/c1-26-19-10-9-16(27-11-3-2-4-20(27)28)13-17(19)25-18(22(26)29)12-14-5-7-15(8-6-14)21(23)24;/h5-10,13H,2-4,11-12H2,1H3,(H3,23,24);1H. The number of anilines is 1. The van der Waals surface area contributed by atoms with Crippen LogP contribution in [-0.2, 0) is 18.3 Å². The van der Waals surface area contributed by atoms with E-state index in [4.69, 9.17) is 11.1 Å². The highest BCUT2D eigenvalue weighted by Crippen LogP contribution is 2.24. The van der Waals surface area contributed by atoms with Crippen molar-refractivity contribution in [2.75, 3.05) is 11.4 Å². The van der Waals surface area contributed by atoms with E-state index in [9.17, 15) is 9.59 Å². The molecule has 7 nitrogen and oxygen atoms in total. The monoisotopic (exact) mass is 425 g/mol. The van der Waals surface area contributed by atoms with Crippen LogP contribution in [0.1, 0.15) is 36.1 Å². The first-order valence-corrected chi connectivity index (χ1v) is 9.67. The lowest BCUT2D eigenvalue weighted by atomic mass is 10.1. The van der Waals surface area contributed by atoms with Crippen LogP contribution in [0, 0.1) is 5.41 Å². The summed E-state index contributed by atoms with van der Waals surface area (Å²) in [5, 5.41) is 7.48. The number of hydrogen-bond acceptors (Lipinski definition) is 4. The van der Waals surface area contributed by atoms with Crippen LogP contribution in [0.3, 0.4) is 0 Å². The summed E-state index contributed by atoms with van der Waals surface area (Å²) < 4.78 is 1.60. The fraction of sp³-hybridized carbons (Fsp3) is 0.273. The second-order valence-electron chi connectivity index (χ2n) is 7.39. The summed E-state index contributed by atoms with van der Waals surface area (Å²) in [6.07, 6.45) is 2.88. The van der Waals surface area contributed by atoms with Crippen molar-refractivity contribution in [2.45, 2.75) is 25.7 Å². The highest BCUT2D eigenvalue weighted by Gasteiger charge is 2.20. The van der Waals surface area contributed by atoms with Crippen LogP contribution in [0.2, 0.25) is 0 Å². The Hall–Kier alpha value is -3.19. The number of piperidine rings is 1. The van der Waals surface area contributed by atoms with Gasteiger partial charge in [0, 0.05) is 37.7 Å². The number of aryl methyl sites for hydroxylation is 1. The molecule has 1 amide bonds. The maximum absolute atomic E-state index is 12.8. The minimum Gasteiger partial charge on any atom is -0.384 e. The predicted molar refractivity (Wildman–Crippen MR) is 121 cm³/mol. The van der Waals surface area contributed by atoms with Gasteiger partial charge >= 0.3 is 0 Å². The van der Waals surface area contributed by atoms with E-state index >= 15 is 0 Å². The number of nitrogen functional groups attached to an aromatic ring is 1. The molecule has 1 aromatic heterocycles. The molecule has 2 heterocycles. The van der Waals surface area contributed by atoms with Crippen molar-refractivity contribution in [1.29, 1.82) is 5.41 Å². The molecule has 1 saturated heterocycles. The van der Waals surface area contributed by atoms with Gasteiger partial charge in [0.05, 0.1) is 11.0 Å². The van der Waals surface area contributed by atoms with Gasteiger partial charge in [-0.2, -0.15) is 0 Å². The molecule has 3 N–H and O–H groups in total. The van der Waals surface area contributed by atoms with Gasteiger partial charge in [0.1, 0.15) is 11.5 Å². The lowest BCUT2D eigenvalue weighted by molar-refractivity contribution is -0.119. The van der Waals surface area contributed by atoms with Crippen molar-refractivity contribution in [1.82, 2.24) is 9.55 Å². The first-order chi connectivity index (χ1) is 13.9. The molecule has 1 aliphatic rings. The maximum Gasteiger partial charge on any atom is 0.272 e. The number of nitrogens with two attached hydrogens (primary N) is 1. The van der Waals surface area contributed by atoms with Gasteiger partial charge in [0.2, 0.25) is 5.91 Å². The summed E-state index contributed by atoms with van der Waals surface area (Å²) in [6.45, 7) is 0.714. The molecule has 30 heavy (non-hydrogen) atoms. The number of nitrogens with one attached hydrogen (secondary N) is 1. The molecule has 0 bridgehead atoms. The number of carbonyl (C=O) groups excluding carboxylic acids is 1. The summed E-state index contributed by atoms with van der Waals surface area (Å²) in [5.41, 5.74) is 9.61. The second-order valence-corrected chi connectivity index (χ2v) is 7.39. The average Bonchev–Trinajstić information content (AvgIpc) is 2.72. The van der Waals surface area contributed by atoms with E-state index < -0.39 is 0 Å². The van der Waals surface area contributed by atoms with Crippen molar-refractivity contribution in [3.63, 3.8) is 0 Å². The topological polar surface area (TPSA) is 105 Å². The zero-order valence-corrected chi connectivity index (χ0v) is 17.5. The fourth-order valence-electron chi connectivity index (χ4n) is 3.74. The van der Waals surface area contributed by atoms with Crippen molar-refractivity contribution in [3.05, 3.63) is 69.6 Å². The Kier molecular flexibility index (Phi) is 6.22. The summed E-state index contributed by atoms with van der Waals surface area (Å²) in [5.74, 6) is 0.141. The molecule has 1 aliphatic heterocycles. The van der Waals surface area contributed by atoms with E-state index in [0.717, 1.165) is 29.6 Å². The maximum atomic E-state index is 12.8. The third kappa shape index (κ3) is 4.07. The van der Waals surface area contributed by atoms with Gasteiger partial charge in [-0.1, -0.05) is 24.3 Å². The minimum absolute atomic E-state index is 0. The van der Waals surface area contributed by atoms with Crippen LogP contribution >= 0.6 is 12.4 Å². The number of benzene rings is 2. The van der Waals surface area contributed by atoms with E-state index in [-0.39, 0.29) is 29.7 Å². The van der Waals surface area contributed by atoms with Gasteiger partial charge in [-0.3, -0.25) is 15.0 Å². The van der Waals surface area contributed by atoms with Crippen LogP contribution < -0.4 is 16.2 Å². The Morgan fingerprint density at radius 1 is 1.13 bits per heavy atom. The highest BCUT2D eigenvalue weighted by atomic mass is 35.5. The van der Waals surface area contributed by atoms with Gasteiger partial charge < -0.3 is 15.2 Å². The largest absolute Gasteiger partial charge is 0.384 e. The van der Waals surface area contributed by atoms with E-state index in [1.807, 2.05) is 30.3 Å². The quantitative estimate of drug-likeness (QED) is 0.495. The lowest BCUT2D eigenvalue weighted by Gasteiger charge is -2.27. The van der Waals surface area contributed by atoms with Gasteiger partial charge in [0.15, 0.2) is 0 Å². The van der Waals surface area contributed by atoms with Crippen molar-refractivity contribution < 1.29 is 4.79 Å². The Morgan fingerprint density at radius 2 is 1.87 bits per heavy atom. The molecule has 0 atom stereocenters. The molecular formula is C22H24ClN5O2. The van der Waals surface area contributed by atoms with Crippen LogP contribution in [0.4, 0.5) is 5.69 Å². The summed E-state index contributed by atoms with van der Waals surface area (Å²) in [7, 11) is 1.74. The molecule has 0 radical (unpaired) electrons. The second kappa shape index (κ2) is 8.67. The molecule has 1 fully saturated rings. The molecule has 0 unspecified atom stereocenters. The first kappa shape index (κ1) is 21.5. The summed E-state index contributed by atoms with van der Waals surface area (Å²) >= 11 is 0. The summed E-state index contributed by atoms with van der Waals surface area (Å²) in [6, 6.07) is 12.9. The Labute approximate surface area is 180 Å². The molecular weight excluding hydrogens is 402 g/mol. The third-order valence-electron chi connectivity index (χ3n) is 5.40. The number of rotatable bonds is 4. The molecule has 8 heteroatoms. The summed E-state index contributed by atoms with van der Waals surface area (Å²) in [4.78, 5) is 31.5. The molecule has 4 rings (SSSR count). The highest BCUT2D eigenvalue weighted by molar-refractivity contribution is 5.96. The zero-order valence-electron chi connectivity index (χ0n) is 16.7. The van der Waals surface area contributed by atoms with Crippen LogP contribution in [0.25, 0.3) is 11.0 Å². The van der Waals surface area contributed by atoms with Crippen LogP contribution in [0.5, 0.6) is 0 Å². The number of halogens is 1. The number of aromatic nitrogens is 2. The number of hydrogen-bond donors (Lipinski definition) is 2. The number of nitrogens with zero attached hydrogens (tertiary/aromatic N) is 3. The predicted octanol–water partition coefficient (Wildman–Crippen LogP) is 2.75. The average molecular weight is 426 g/mol. The third-order valence-corrected chi connectivity index (χ3v) is 5.40. The van der Waals surface area contributed by atoms with E-state index in [0.29, 0.717) is 36.2 Å². The Morgan fingerprint density at radius 3 is 2.53 bits per heavy atom. The molecule has 2 aromatic carbocycles.